The molecule has 138 heavy (non-hydrogen) atoms. The molecule has 0 N–H and O–H groups in total. The molecule has 0 heterocycles. The molecule has 18 rings (SSSR count). The smallest absolute Gasteiger partial charge is 0.202 e. The zero-order valence-corrected chi connectivity index (χ0v) is 75.5. The van der Waals surface area contributed by atoms with Crippen LogP contribution < -0.4 is 0 Å². The summed E-state index contributed by atoms with van der Waals surface area (Å²) in [5.41, 5.74) is 0. The molecule has 30 heteroatoms. The van der Waals surface area contributed by atoms with Crippen LogP contribution in [0.4, 0.5) is 105 Å². The van der Waals surface area contributed by atoms with Gasteiger partial charge in [0.25, 0.3) is 0 Å². The first-order valence-corrected chi connectivity index (χ1v) is 47.8. The standard InChI is InChI=1S/2C18H9F6S.2C18H11F4S.2C18H13F2S/c19-10-1-11(20)5-16(4-10)25(17-6-12(21)2-13(22)7-17)18-8-14(23)3-15(24)9-18;19-10-1-4-16(13(22)7-10)25(17-5-2-11(20)8-14(17)23)18-6-3-12(21)9-15(18)24;19-12-6-13(20)9-17(8-12)23(16-4-2-1-3-5-16)18-10-14(21)7-15(22)11-18;19-12-6-8-17(15(21)10-12)23(14-4-2-1-3-5-14)18-9-7-13(20)11-16(18)22;19-14-11-15(20)13-18(12-14)21(16-7-3-1-4-8-16)17-9-5-2-6-10-17;19-14-11-12-18(17(20)13-14)21(15-7-3-1-4-8-15)16-9-5-2-6-10-16/h2*1-9H;2*1-11H;2*1-13H/q6*+1. The van der Waals surface area contributed by atoms with Crippen LogP contribution in [0.5, 0.6) is 0 Å². The van der Waals surface area contributed by atoms with E-state index in [9.17, 15) is 105 Å². The minimum atomic E-state index is -1.70. The van der Waals surface area contributed by atoms with Crippen molar-refractivity contribution in [1.29, 1.82) is 0 Å². The van der Waals surface area contributed by atoms with E-state index in [0.717, 1.165) is 141 Å². The molecular weight excluding hydrogens is 1950 g/mol. The highest BCUT2D eigenvalue weighted by molar-refractivity contribution is 7.98. The Bertz CT molecular complexity index is 6660. The zero-order valence-electron chi connectivity index (χ0n) is 70.6. The van der Waals surface area contributed by atoms with E-state index in [1.807, 2.05) is 121 Å². The van der Waals surface area contributed by atoms with Crippen molar-refractivity contribution in [3.63, 3.8) is 0 Å². The molecule has 0 aromatic heterocycles. The van der Waals surface area contributed by atoms with Crippen molar-refractivity contribution >= 4 is 65.4 Å². The Labute approximate surface area is 793 Å². The summed E-state index contributed by atoms with van der Waals surface area (Å²) in [7, 11) is -6.46. The SMILES string of the molecule is Fc1cc(F)cc([S+](c2cc(F)cc(F)c2)c2cc(F)cc(F)c2)c1.Fc1cc(F)cc([S+](c2ccccc2)c2cc(F)cc(F)c2)c1.Fc1cc(F)cc([S+](c2ccccc2)c2ccccc2)c1.Fc1ccc([S+](c2ccc(F)cc2F)c2ccc(F)cc2F)c(F)c1.Fc1ccc([S+](c2ccccc2)c2ccc(F)cc2F)c(F)c1.Fc1ccc([S+](c2ccccc2)c2ccccc2)c(F)c1. The van der Waals surface area contributed by atoms with Gasteiger partial charge in [-0.2, -0.15) is 0 Å². The average Bonchev–Trinajstić information content (AvgIpc) is 0.785. The molecule has 0 spiro atoms. The Morgan fingerprint density at radius 2 is 0.225 bits per heavy atom. The molecule has 0 saturated carbocycles. The molecule has 0 unspecified atom stereocenters. The third kappa shape index (κ3) is 27.4. The molecule has 0 bridgehead atoms. The summed E-state index contributed by atoms with van der Waals surface area (Å²) >= 11 is 0. The van der Waals surface area contributed by atoms with E-state index in [0.29, 0.717) is 65.8 Å². The maximum Gasteiger partial charge on any atom is 0.202 e. The second-order valence-electron chi connectivity index (χ2n) is 28.8. The van der Waals surface area contributed by atoms with Crippen molar-refractivity contribution < 1.29 is 105 Å². The van der Waals surface area contributed by atoms with Gasteiger partial charge in [0.15, 0.2) is 93.6 Å². The molecule has 0 aliphatic carbocycles. The predicted molar refractivity (Wildman–Crippen MR) is 488 cm³/mol. The van der Waals surface area contributed by atoms with Gasteiger partial charge in [-0.1, -0.05) is 109 Å². The number of benzene rings is 18. The van der Waals surface area contributed by atoms with Gasteiger partial charge in [-0.05, 0) is 109 Å². The monoisotopic (exact) mass is 2010 g/mol. The van der Waals surface area contributed by atoms with Crippen molar-refractivity contribution in [1.82, 2.24) is 0 Å². The maximum absolute atomic E-state index is 14.3. The number of halogens is 24. The first kappa shape index (κ1) is 102. The fraction of sp³-hybridized carbons (Fsp3) is 0. The lowest BCUT2D eigenvalue weighted by Gasteiger charge is -2.10. The van der Waals surface area contributed by atoms with Crippen molar-refractivity contribution in [3.05, 3.63) is 540 Å². The van der Waals surface area contributed by atoms with Crippen LogP contribution in [0.25, 0.3) is 0 Å². The second kappa shape index (κ2) is 47.9. The van der Waals surface area contributed by atoms with Gasteiger partial charge in [-0.25, -0.2) is 105 Å². The Kier molecular flexibility index (Phi) is 35.3. The van der Waals surface area contributed by atoms with E-state index < -0.39 is 205 Å². The number of hydrogen-bond acceptors (Lipinski definition) is 0. The van der Waals surface area contributed by atoms with Gasteiger partial charge in [-0.15, -0.1) is 0 Å². The van der Waals surface area contributed by atoms with E-state index in [1.54, 1.807) is 60.7 Å². The minimum Gasteiger partial charge on any atom is -0.207 e. The molecule has 696 valence electrons. The van der Waals surface area contributed by atoms with Crippen LogP contribution in [0.15, 0.2) is 488 Å². The Balaban J connectivity index is 0.000000140. The summed E-state index contributed by atoms with van der Waals surface area (Å²) in [6.07, 6.45) is 0. The van der Waals surface area contributed by atoms with Crippen LogP contribution >= 0.6 is 0 Å². The summed E-state index contributed by atoms with van der Waals surface area (Å²) in [5.74, 6) is -19.1. The normalized spacial score (nSPS) is 11.0. The fourth-order valence-electron chi connectivity index (χ4n) is 13.4. The van der Waals surface area contributed by atoms with Crippen molar-refractivity contribution in [2.75, 3.05) is 0 Å². The quantitative estimate of drug-likeness (QED) is 0.0593. The third-order valence-electron chi connectivity index (χ3n) is 19.0. The zero-order chi connectivity index (χ0) is 98.4. The second-order valence-corrected chi connectivity index (χ2v) is 40.8. The first-order chi connectivity index (χ1) is 66.3. The Hall–Kier alpha value is -13.6. The van der Waals surface area contributed by atoms with Gasteiger partial charge in [0, 0.05) is 182 Å². The van der Waals surface area contributed by atoms with Crippen LogP contribution in [0, 0.1) is 140 Å². The molecule has 0 atom stereocenters. The van der Waals surface area contributed by atoms with Crippen molar-refractivity contribution in [2.45, 2.75) is 88.1 Å². The highest BCUT2D eigenvalue weighted by atomic mass is 32.2. The lowest BCUT2D eigenvalue weighted by molar-refractivity contribution is 0.554. The molecule has 0 aliphatic heterocycles. The molecule has 0 radical (unpaired) electrons. The maximum atomic E-state index is 14.3. The van der Waals surface area contributed by atoms with E-state index in [4.69, 9.17) is 0 Å². The van der Waals surface area contributed by atoms with E-state index in [2.05, 4.69) is 0 Å². The molecule has 0 nitrogen and oxygen atoms in total. The molecule has 0 saturated heterocycles. The molecule has 0 amide bonds. The number of hydrogen-bond donors (Lipinski definition) is 0. The molecule has 18 aromatic carbocycles. The largest absolute Gasteiger partial charge is 0.207 e. The topological polar surface area (TPSA) is 0 Å². The molecule has 18 aromatic rings. The minimum absolute atomic E-state index is 0.00694. The lowest BCUT2D eigenvalue weighted by atomic mass is 10.3. The van der Waals surface area contributed by atoms with Crippen molar-refractivity contribution in [2.24, 2.45) is 0 Å². The Morgan fingerprint density at radius 1 is 0.0942 bits per heavy atom. The van der Waals surface area contributed by atoms with Crippen LogP contribution in [0.3, 0.4) is 0 Å². The predicted octanol–water partition coefficient (Wildman–Crippen LogP) is 32.0. The highest BCUT2D eigenvalue weighted by Crippen LogP contribution is 2.42. The lowest BCUT2D eigenvalue weighted by Crippen LogP contribution is -2.11. The summed E-state index contributed by atoms with van der Waals surface area (Å²) in [5, 5.41) is 0. The summed E-state index contributed by atoms with van der Waals surface area (Å²) in [6, 6.07) is 92.1. The molecular formula is C108H66F24S6+6. The van der Waals surface area contributed by atoms with Gasteiger partial charge < -0.3 is 0 Å². The molecule has 0 aliphatic rings. The fourth-order valence-corrected chi connectivity index (χ4v) is 26.2. The van der Waals surface area contributed by atoms with Gasteiger partial charge in [0.05, 0.1) is 32.7 Å². The van der Waals surface area contributed by atoms with Crippen LogP contribution in [0.2, 0.25) is 0 Å². The van der Waals surface area contributed by atoms with E-state index in [-0.39, 0.29) is 39.2 Å². The summed E-state index contributed by atoms with van der Waals surface area (Å²) < 4.78 is 328. The van der Waals surface area contributed by atoms with Gasteiger partial charge in [0.2, 0.25) is 29.4 Å². The van der Waals surface area contributed by atoms with E-state index >= 15 is 0 Å². The average molecular weight is 2010 g/mol. The van der Waals surface area contributed by atoms with E-state index in [1.165, 1.54) is 60.7 Å². The highest BCUT2D eigenvalue weighted by Gasteiger charge is 2.41. The summed E-state index contributed by atoms with van der Waals surface area (Å²) in [4.78, 5) is 6.94. The van der Waals surface area contributed by atoms with Gasteiger partial charge >= 0.3 is 0 Å². The summed E-state index contributed by atoms with van der Waals surface area (Å²) in [6.45, 7) is 0. The van der Waals surface area contributed by atoms with Crippen LogP contribution in [-0.2, 0) is 65.4 Å². The van der Waals surface area contributed by atoms with Gasteiger partial charge in [0.1, 0.15) is 137 Å². The Morgan fingerprint density at radius 3 is 0.391 bits per heavy atom. The number of rotatable bonds is 18. The first-order valence-electron chi connectivity index (χ1n) is 40.5. The van der Waals surface area contributed by atoms with Crippen LogP contribution in [-0.4, -0.2) is 0 Å². The van der Waals surface area contributed by atoms with Crippen LogP contribution in [0.1, 0.15) is 0 Å². The van der Waals surface area contributed by atoms with Crippen molar-refractivity contribution in [3.8, 4) is 0 Å². The molecule has 0 fully saturated rings. The third-order valence-corrected chi connectivity index (χ3v) is 32.3. The van der Waals surface area contributed by atoms with Gasteiger partial charge in [-0.3, -0.25) is 0 Å².